The Hall–Kier alpha value is -1.73. The number of aromatic nitrogens is 2. The maximum atomic E-state index is 12.5. The summed E-state index contributed by atoms with van der Waals surface area (Å²) in [5.74, 6) is -0.675. The molecule has 0 fully saturated rings. The highest BCUT2D eigenvalue weighted by molar-refractivity contribution is 5.96. The largest absolute Gasteiger partial charge is 0.337 e. The van der Waals surface area contributed by atoms with Gasteiger partial charge < -0.3 is 16.0 Å². The summed E-state index contributed by atoms with van der Waals surface area (Å²) in [5.41, 5.74) is 7.07. The second kappa shape index (κ2) is 7.33. The van der Waals surface area contributed by atoms with E-state index in [1.807, 2.05) is 6.92 Å². The van der Waals surface area contributed by atoms with Gasteiger partial charge in [0, 0.05) is 5.69 Å². The first-order chi connectivity index (χ1) is 9.51. The van der Waals surface area contributed by atoms with Crippen molar-refractivity contribution >= 4 is 35.0 Å². The number of anilines is 1. The van der Waals surface area contributed by atoms with Gasteiger partial charge in [0.05, 0.1) is 17.1 Å². The average molecular weight is 319 g/mol. The molecule has 0 bridgehead atoms. The maximum absolute atomic E-state index is 12.5. The van der Waals surface area contributed by atoms with Gasteiger partial charge in [0.2, 0.25) is 5.91 Å². The molecule has 0 aliphatic carbocycles. The number of alkyl halides is 2. The van der Waals surface area contributed by atoms with Gasteiger partial charge in [-0.2, -0.15) is 0 Å². The van der Waals surface area contributed by atoms with E-state index in [2.05, 4.69) is 15.3 Å². The van der Waals surface area contributed by atoms with Gasteiger partial charge in [-0.3, -0.25) is 4.79 Å². The second-order valence-electron chi connectivity index (χ2n) is 4.54. The zero-order valence-corrected chi connectivity index (χ0v) is 12.2. The smallest absolute Gasteiger partial charge is 0.295 e. The molecule has 21 heavy (non-hydrogen) atoms. The summed E-state index contributed by atoms with van der Waals surface area (Å²) in [4.78, 5) is 18.0. The number of carbonyl (C=O) groups is 1. The molecule has 0 saturated carbocycles. The SMILES string of the molecule is CCCC(N)C(=O)Nc1ccc2nc(C(F)F)[nH]c2c1.Cl. The fraction of sp³-hybridized carbons (Fsp3) is 0.385. The molecule has 0 aliphatic heterocycles. The lowest BCUT2D eigenvalue weighted by atomic mass is 10.1. The van der Waals surface area contributed by atoms with Crippen molar-refractivity contribution in [1.82, 2.24) is 9.97 Å². The fourth-order valence-corrected chi connectivity index (χ4v) is 1.89. The van der Waals surface area contributed by atoms with Gasteiger partial charge >= 0.3 is 0 Å². The van der Waals surface area contributed by atoms with E-state index >= 15 is 0 Å². The number of carbonyl (C=O) groups excluding carboxylic acids is 1. The number of hydrogen-bond acceptors (Lipinski definition) is 3. The van der Waals surface area contributed by atoms with Gasteiger partial charge in [0.1, 0.15) is 0 Å². The molecule has 1 aromatic carbocycles. The van der Waals surface area contributed by atoms with Crippen LogP contribution in [0.25, 0.3) is 11.0 Å². The Bertz CT molecular complexity index is 617. The first kappa shape index (κ1) is 17.3. The number of benzene rings is 1. The Balaban J connectivity index is 0.00000220. The normalized spacial score (nSPS) is 12.2. The molecule has 0 saturated heterocycles. The van der Waals surface area contributed by atoms with Crippen LogP contribution in [0.1, 0.15) is 32.0 Å². The van der Waals surface area contributed by atoms with Crippen LogP contribution < -0.4 is 11.1 Å². The van der Waals surface area contributed by atoms with Gasteiger partial charge in [0.25, 0.3) is 6.43 Å². The third-order valence-electron chi connectivity index (χ3n) is 2.91. The number of halogens is 3. The van der Waals surface area contributed by atoms with E-state index in [0.29, 0.717) is 23.1 Å². The van der Waals surface area contributed by atoms with Crippen molar-refractivity contribution in [2.24, 2.45) is 5.73 Å². The van der Waals surface area contributed by atoms with Crippen molar-refractivity contribution in [3.8, 4) is 0 Å². The number of nitrogens with zero attached hydrogens (tertiary/aromatic N) is 1. The minimum atomic E-state index is -2.65. The van der Waals surface area contributed by atoms with Gasteiger partial charge in [-0.15, -0.1) is 12.4 Å². The maximum Gasteiger partial charge on any atom is 0.295 e. The molecule has 5 nitrogen and oxygen atoms in total. The Morgan fingerprint density at radius 2 is 2.19 bits per heavy atom. The molecule has 4 N–H and O–H groups in total. The number of hydrogen-bond donors (Lipinski definition) is 3. The standard InChI is InChI=1S/C13H16F2N4O.ClH/c1-2-3-8(16)13(20)17-7-4-5-9-10(6-7)19-12(18-9)11(14)15;/h4-6,8,11H,2-3,16H2,1H3,(H,17,20)(H,18,19);1H. The zero-order chi connectivity index (χ0) is 14.7. The van der Waals surface area contributed by atoms with Crippen LogP contribution in [-0.4, -0.2) is 21.9 Å². The molecular weight excluding hydrogens is 302 g/mol. The van der Waals surface area contributed by atoms with Crippen LogP contribution in [0.5, 0.6) is 0 Å². The minimum absolute atomic E-state index is 0. The van der Waals surface area contributed by atoms with E-state index in [9.17, 15) is 13.6 Å². The molecule has 1 atom stereocenters. The van der Waals surface area contributed by atoms with Gasteiger partial charge in [-0.25, -0.2) is 13.8 Å². The van der Waals surface area contributed by atoms with E-state index in [-0.39, 0.29) is 24.1 Å². The summed E-state index contributed by atoms with van der Waals surface area (Å²) in [6.07, 6.45) is -1.25. The molecule has 8 heteroatoms. The number of rotatable bonds is 5. The molecular formula is C13H17ClF2N4O. The first-order valence-electron chi connectivity index (χ1n) is 6.35. The van der Waals surface area contributed by atoms with Gasteiger partial charge in [-0.1, -0.05) is 13.3 Å². The van der Waals surface area contributed by atoms with Crippen molar-refractivity contribution in [3.63, 3.8) is 0 Å². The summed E-state index contributed by atoms with van der Waals surface area (Å²) >= 11 is 0. The van der Waals surface area contributed by atoms with E-state index in [0.717, 1.165) is 6.42 Å². The van der Waals surface area contributed by atoms with Crippen LogP contribution in [0.3, 0.4) is 0 Å². The molecule has 2 rings (SSSR count). The van der Waals surface area contributed by atoms with Crippen molar-refractivity contribution in [2.75, 3.05) is 5.32 Å². The molecule has 0 aliphatic rings. The first-order valence-corrected chi connectivity index (χ1v) is 6.35. The summed E-state index contributed by atoms with van der Waals surface area (Å²) < 4.78 is 25.1. The minimum Gasteiger partial charge on any atom is -0.337 e. The third-order valence-corrected chi connectivity index (χ3v) is 2.91. The Morgan fingerprint density at radius 3 is 2.81 bits per heavy atom. The Labute approximate surface area is 126 Å². The van der Waals surface area contributed by atoms with E-state index < -0.39 is 12.5 Å². The number of aromatic amines is 1. The highest BCUT2D eigenvalue weighted by Crippen LogP contribution is 2.22. The molecule has 0 spiro atoms. The molecule has 1 aromatic heterocycles. The zero-order valence-electron chi connectivity index (χ0n) is 11.4. The number of H-pyrrole nitrogens is 1. The van der Waals surface area contributed by atoms with Crippen LogP contribution in [0.4, 0.5) is 14.5 Å². The lowest BCUT2D eigenvalue weighted by molar-refractivity contribution is -0.117. The monoisotopic (exact) mass is 318 g/mol. The highest BCUT2D eigenvalue weighted by Gasteiger charge is 2.15. The lowest BCUT2D eigenvalue weighted by Crippen LogP contribution is -2.35. The van der Waals surface area contributed by atoms with Crippen LogP contribution in [0, 0.1) is 0 Å². The predicted molar refractivity (Wildman–Crippen MR) is 79.8 cm³/mol. The van der Waals surface area contributed by atoms with Crippen molar-refractivity contribution < 1.29 is 13.6 Å². The van der Waals surface area contributed by atoms with E-state index in [1.54, 1.807) is 18.2 Å². The van der Waals surface area contributed by atoms with Crippen LogP contribution >= 0.6 is 12.4 Å². The van der Waals surface area contributed by atoms with Crippen LogP contribution in [0.15, 0.2) is 18.2 Å². The number of nitrogens with one attached hydrogen (secondary N) is 2. The lowest BCUT2D eigenvalue weighted by Gasteiger charge is -2.10. The molecule has 2 aromatic rings. The van der Waals surface area contributed by atoms with Crippen molar-refractivity contribution in [3.05, 3.63) is 24.0 Å². The summed E-state index contributed by atoms with van der Waals surface area (Å²) in [6, 6.07) is 4.16. The van der Waals surface area contributed by atoms with Gasteiger partial charge in [-0.05, 0) is 24.6 Å². The number of imidazole rings is 1. The summed E-state index contributed by atoms with van der Waals surface area (Å²) in [5, 5.41) is 2.66. The Kier molecular flexibility index (Phi) is 6.04. The third kappa shape index (κ3) is 4.12. The topological polar surface area (TPSA) is 83.8 Å². The second-order valence-corrected chi connectivity index (χ2v) is 4.54. The van der Waals surface area contributed by atoms with Crippen molar-refractivity contribution in [2.45, 2.75) is 32.2 Å². The van der Waals surface area contributed by atoms with Crippen LogP contribution in [-0.2, 0) is 4.79 Å². The summed E-state index contributed by atoms with van der Waals surface area (Å²) in [6.45, 7) is 1.94. The predicted octanol–water partition coefficient (Wildman–Crippen LogP) is 2.99. The molecule has 116 valence electrons. The molecule has 0 radical (unpaired) electrons. The number of amides is 1. The molecule has 1 amide bonds. The average Bonchev–Trinajstić information content (AvgIpc) is 2.82. The Morgan fingerprint density at radius 1 is 1.48 bits per heavy atom. The fourth-order valence-electron chi connectivity index (χ4n) is 1.89. The van der Waals surface area contributed by atoms with E-state index in [4.69, 9.17) is 5.73 Å². The van der Waals surface area contributed by atoms with Crippen molar-refractivity contribution in [1.29, 1.82) is 0 Å². The summed E-state index contributed by atoms with van der Waals surface area (Å²) in [7, 11) is 0. The van der Waals surface area contributed by atoms with Gasteiger partial charge in [0.15, 0.2) is 5.82 Å². The number of fused-ring (bicyclic) bond motifs is 1. The van der Waals surface area contributed by atoms with E-state index in [1.165, 1.54) is 0 Å². The molecule has 1 heterocycles. The highest BCUT2D eigenvalue weighted by atomic mass is 35.5. The molecule has 1 unspecified atom stereocenters. The quantitative estimate of drug-likeness (QED) is 0.792. The number of nitrogens with two attached hydrogens (primary N) is 1. The van der Waals surface area contributed by atoms with Crippen LogP contribution in [0.2, 0.25) is 0 Å².